The molecule has 0 spiro atoms. The normalized spacial score (nSPS) is 18.1. The van der Waals surface area contributed by atoms with E-state index in [-0.39, 0.29) is 17.8 Å². The van der Waals surface area contributed by atoms with Crippen molar-refractivity contribution in [1.82, 2.24) is 9.88 Å². The molecule has 1 amide bonds. The molecular weight excluding hydrogens is 358 g/mol. The minimum absolute atomic E-state index is 0.0259. The topological polar surface area (TPSA) is 75.1 Å². The zero-order chi connectivity index (χ0) is 19.3. The quantitative estimate of drug-likeness (QED) is 0.873. The van der Waals surface area contributed by atoms with Gasteiger partial charge in [-0.25, -0.2) is 4.98 Å². The molecule has 4 rings (SSSR count). The van der Waals surface area contributed by atoms with E-state index in [1.54, 1.807) is 30.5 Å². The number of phenols is 1. The highest BCUT2D eigenvalue weighted by Crippen LogP contribution is 2.27. The van der Waals surface area contributed by atoms with Crippen LogP contribution < -0.4 is 9.64 Å². The molecule has 2 aromatic rings. The van der Waals surface area contributed by atoms with Crippen molar-refractivity contribution in [3.05, 3.63) is 48.2 Å². The highest BCUT2D eigenvalue weighted by atomic mass is 16.5. The SMILES string of the molecule is O=C(c1ccc(OC2CCOCC2)nc1)N1CCN(c2ccccc2O)CC1. The summed E-state index contributed by atoms with van der Waals surface area (Å²) in [4.78, 5) is 21.0. The number of phenolic OH excluding ortho intramolecular Hbond substituents is 1. The number of nitrogens with zero attached hydrogens (tertiary/aromatic N) is 3. The maximum Gasteiger partial charge on any atom is 0.255 e. The second-order valence-electron chi connectivity index (χ2n) is 7.08. The number of para-hydroxylation sites is 2. The van der Waals surface area contributed by atoms with Crippen LogP contribution in [0.5, 0.6) is 11.6 Å². The van der Waals surface area contributed by atoms with Gasteiger partial charge in [0.25, 0.3) is 5.91 Å². The average Bonchev–Trinajstić information content (AvgIpc) is 2.75. The van der Waals surface area contributed by atoms with Gasteiger partial charge in [-0.15, -0.1) is 0 Å². The predicted molar refractivity (Wildman–Crippen MR) is 105 cm³/mol. The third kappa shape index (κ3) is 4.20. The minimum atomic E-state index is -0.0259. The lowest BCUT2D eigenvalue weighted by atomic mass is 10.1. The van der Waals surface area contributed by atoms with Crippen molar-refractivity contribution in [2.24, 2.45) is 0 Å². The van der Waals surface area contributed by atoms with Gasteiger partial charge in [-0.1, -0.05) is 12.1 Å². The number of benzene rings is 1. The summed E-state index contributed by atoms with van der Waals surface area (Å²) in [6.45, 7) is 4.01. The zero-order valence-corrected chi connectivity index (χ0v) is 15.8. The maximum absolute atomic E-state index is 12.8. The van der Waals surface area contributed by atoms with Crippen molar-refractivity contribution >= 4 is 11.6 Å². The Balaban J connectivity index is 1.33. The van der Waals surface area contributed by atoms with E-state index in [1.807, 2.05) is 17.0 Å². The monoisotopic (exact) mass is 383 g/mol. The summed E-state index contributed by atoms with van der Waals surface area (Å²) in [7, 11) is 0. The molecule has 7 heteroatoms. The molecule has 0 bridgehead atoms. The largest absolute Gasteiger partial charge is 0.506 e. The van der Waals surface area contributed by atoms with Crippen LogP contribution in [0.3, 0.4) is 0 Å². The predicted octanol–water partition coefficient (Wildman–Crippen LogP) is 2.31. The number of piperazine rings is 1. The molecule has 0 atom stereocenters. The van der Waals surface area contributed by atoms with Crippen molar-refractivity contribution in [2.45, 2.75) is 18.9 Å². The third-order valence-corrected chi connectivity index (χ3v) is 5.23. The van der Waals surface area contributed by atoms with Gasteiger partial charge in [-0.2, -0.15) is 0 Å². The van der Waals surface area contributed by atoms with Gasteiger partial charge in [-0.3, -0.25) is 4.79 Å². The van der Waals surface area contributed by atoms with Gasteiger partial charge >= 0.3 is 0 Å². The van der Waals surface area contributed by atoms with Gasteiger partial charge < -0.3 is 24.4 Å². The van der Waals surface area contributed by atoms with E-state index in [2.05, 4.69) is 9.88 Å². The third-order valence-electron chi connectivity index (χ3n) is 5.23. The van der Waals surface area contributed by atoms with Crippen molar-refractivity contribution in [2.75, 3.05) is 44.3 Å². The number of rotatable bonds is 4. The Bertz CT molecular complexity index is 798. The summed E-state index contributed by atoms with van der Waals surface area (Å²) in [5.74, 6) is 0.793. The lowest BCUT2D eigenvalue weighted by Gasteiger charge is -2.36. The molecule has 0 aliphatic carbocycles. The number of amides is 1. The first-order chi connectivity index (χ1) is 13.7. The number of ether oxygens (including phenoxy) is 2. The average molecular weight is 383 g/mol. The Morgan fingerprint density at radius 3 is 2.50 bits per heavy atom. The number of anilines is 1. The molecule has 2 saturated heterocycles. The van der Waals surface area contributed by atoms with Crippen LogP contribution in [-0.2, 0) is 4.74 Å². The fraction of sp³-hybridized carbons (Fsp3) is 0.429. The first kappa shape index (κ1) is 18.6. The number of hydrogen-bond donors (Lipinski definition) is 1. The van der Waals surface area contributed by atoms with E-state index in [0.29, 0.717) is 50.8 Å². The number of aromatic hydroxyl groups is 1. The van der Waals surface area contributed by atoms with E-state index in [0.717, 1.165) is 18.5 Å². The summed E-state index contributed by atoms with van der Waals surface area (Å²) in [6, 6.07) is 10.8. The highest BCUT2D eigenvalue weighted by molar-refractivity contribution is 5.94. The second kappa shape index (κ2) is 8.48. The first-order valence-electron chi connectivity index (χ1n) is 9.73. The highest BCUT2D eigenvalue weighted by Gasteiger charge is 2.24. The molecule has 1 aromatic carbocycles. The fourth-order valence-electron chi connectivity index (χ4n) is 3.61. The van der Waals surface area contributed by atoms with Crippen molar-refractivity contribution in [3.63, 3.8) is 0 Å². The number of carbonyl (C=O) groups excluding carboxylic acids is 1. The van der Waals surface area contributed by atoms with Crippen molar-refractivity contribution in [3.8, 4) is 11.6 Å². The number of hydrogen-bond acceptors (Lipinski definition) is 6. The Morgan fingerprint density at radius 2 is 1.82 bits per heavy atom. The van der Waals surface area contributed by atoms with Gasteiger partial charge in [0.1, 0.15) is 11.9 Å². The molecular formula is C21H25N3O4. The summed E-state index contributed by atoms with van der Waals surface area (Å²) in [5.41, 5.74) is 1.38. The molecule has 1 N–H and O–H groups in total. The van der Waals surface area contributed by atoms with E-state index in [9.17, 15) is 9.90 Å². The molecule has 2 fully saturated rings. The van der Waals surface area contributed by atoms with Gasteiger partial charge in [-0.05, 0) is 18.2 Å². The van der Waals surface area contributed by atoms with Crippen LogP contribution in [0.1, 0.15) is 23.2 Å². The van der Waals surface area contributed by atoms with Crippen LogP contribution in [0.2, 0.25) is 0 Å². The molecule has 2 aliphatic heterocycles. The molecule has 2 aliphatic rings. The summed E-state index contributed by atoms with van der Waals surface area (Å²) in [6.07, 6.45) is 3.45. The van der Waals surface area contributed by atoms with Gasteiger partial charge in [0.05, 0.1) is 24.5 Å². The lowest BCUT2D eigenvalue weighted by Crippen LogP contribution is -2.48. The molecule has 28 heavy (non-hydrogen) atoms. The summed E-state index contributed by atoms with van der Waals surface area (Å²) < 4.78 is 11.2. The Morgan fingerprint density at radius 1 is 1.07 bits per heavy atom. The first-order valence-corrected chi connectivity index (χ1v) is 9.73. The van der Waals surface area contributed by atoms with E-state index in [4.69, 9.17) is 9.47 Å². The molecule has 0 saturated carbocycles. The van der Waals surface area contributed by atoms with Crippen molar-refractivity contribution < 1.29 is 19.4 Å². The minimum Gasteiger partial charge on any atom is -0.506 e. The standard InChI is InChI=1S/C21H25N3O4/c25-19-4-2-1-3-18(19)23-9-11-24(12-10-23)21(26)16-5-6-20(22-15-16)28-17-7-13-27-14-8-17/h1-6,15,17,25H,7-14H2. The smallest absolute Gasteiger partial charge is 0.255 e. The lowest BCUT2D eigenvalue weighted by molar-refractivity contribution is 0.0237. The maximum atomic E-state index is 12.8. The molecule has 7 nitrogen and oxygen atoms in total. The Kier molecular flexibility index (Phi) is 5.62. The second-order valence-corrected chi connectivity index (χ2v) is 7.08. The zero-order valence-electron chi connectivity index (χ0n) is 15.8. The van der Waals surface area contributed by atoms with Crippen LogP contribution in [0.4, 0.5) is 5.69 Å². The Labute approximate surface area is 164 Å². The molecule has 0 unspecified atom stereocenters. The van der Waals surface area contributed by atoms with Gasteiger partial charge in [0.2, 0.25) is 5.88 Å². The van der Waals surface area contributed by atoms with E-state index >= 15 is 0 Å². The fourth-order valence-corrected chi connectivity index (χ4v) is 3.61. The number of carbonyl (C=O) groups is 1. The van der Waals surface area contributed by atoms with Crippen LogP contribution >= 0.6 is 0 Å². The number of pyridine rings is 1. The van der Waals surface area contributed by atoms with Crippen molar-refractivity contribution in [1.29, 1.82) is 0 Å². The van der Waals surface area contributed by atoms with Crippen LogP contribution in [0, 0.1) is 0 Å². The Hall–Kier alpha value is -2.80. The summed E-state index contributed by atoms with van der Waals surface area (Å²) in [5, 5.41) is 10.0. The number of aromatic nitrogens is 1. The van der Waals surface area contributed by atoms with E-state index in [1.165, 1.54) is 0 Å². The molecule has 148 valence electrons. The van der Waals surface area contributed by atoms with Crippen LogP contribution in [0.25, 0.3) is 0 Å². The van der Waals surface area contributed by atoms with E-state index < -0.39 is 0 Å². The summed E-state index contributed by atoms with van der Waals surface area (Å²) >= 11 is 0. The van der Waals surface area contributed by atoms with Crippen LogP contribution in [-0.4, -0.2) is 66.4 Å². The molecule has 0 radical (unpaired) electrons. The van der Waals surface area contributed by atoms with Gasteiger partial charge in [0.15, 0.2) is 0 Å². The molecule has 1 aromatic heterocycles. The van der Waals surface area contributed by atoms with Crippen LogP contribution in [0.15, 0.2) is 42.6 Å². The van der Waals surface area contributed by atoms with Gasteiger partial charge in [0, 0.05) is 51.3 Å². The molecule has 3 heterocycles.